The molecule has 1 aromatic carbocycles. The summed E-state index contributed by atoms with van der Waals surface area (Å²) >= 11 is 0. The van der Waals surface area contributed by atoms with E-state index in [-0.39, 0.29) is 5.41 Å². The van der Waals surface area contributed by atoms with E-state index in [2.05, 4.69) is 47.6 Å². The number of hydrogen-bond donors (Lipinski definition) is 1. The predicted molar refractivity (Wildman–Crippen MR) is 81.6 cm³/mol. The minimum atomic E-state index is 0.263. The molecule has 2 atom stereocenters. The highest BCUT2D eigenvalue weighted by molar-refractivity contribution is 5.42. The van der Waals surface area contributed by atoms with Crippen molar-refractivity contribution < 1.29 is 5.11 Å². The van der Waals surface area contributed by atoms with Gasteiger partial charge in [0.2, 0.25) is 0 Å². The predicted octanol–water partition coefficient (Wildman–Crippen LogP) is 5.13. The maximum atomic E-state index is 9.73. The summed E-state index contributed by atoms with van der Waals surface area (Å²) in [7, 11) is 0. The molecule has 0 aromatic heterocycles. The lowest BCUT2D eigenvalue weighted by Gasteiger charge is -2.41. The normalized spacial score (nSPS) is 23.5. The van der Waals surface area contributed by atoms with Gasteiger partial charge in [-0.25, -0.2) is 0 Å². The Balaban J connectivity index is 2.50. The van der Waals surface area contributed by atoms with Crippen LogP contribution in [0.5, 0.6) is 5.75 Å². The van der Waals surface area contributed by atoms with E-state index in [4.69, 9.17) is 0 Å². The van der Waals surface area contributed by atoms with Gasteiger partial charge in [-0.1, -0.05) is 54.0 Å². The number of phenolic OH excluding ortho intramolecular Hbond substituents is 1. The number of phenols is 1. The van der Waals surface area contributed by atoms with Gasteiger partial charge in [0, 0.05) is 0 Å². The molecule has 0 radical (unpaired) electrons. The van der Waals surface area contributed by atoms with Crippen LogP contribution < -0.4 is 0 Å². The minimum absolute atomic E-state index is 0.263. The average Bonchev–Trinajstić information content (AvgIpc) is 2.67. The van der Waals surface area contributed by atoms with Crippen molar-refractivity contribution in [3.8, 4) is 5.75 Å². The zero-order chi connectivity index (χ0) is 14.4. The lowest BCUT2D eigenvalue weighted by molar-refractivity contribution is 0.122. The summed E-state index contributed by atoms with van der Waals surface area (Å²) in [6, 6.07) is 5.96. The second kappa shape index (κ2) is 4.54. The summed E-state index contributed by atoms with van der Waals surface area (Å²) < 4.78 is 0. The maximum absolute atomic E-state index is 9.73. The molecule has 1 aliphatic carbocycles. The topological polar surface area (TPSA) is 20.2 Å². The third-order valence-corrected chi connectivity index (χ3v) is 5.15. The van der Waals surface area contributed by atoms with Gasteiger partial charge in [0.1, 0.15) is 5.75 Å². The van der Waals surface area contributed by atoms with E-state index in [1.807, 2.05) is 12.1 Å². The molecule has 0 spiro atoms. The fourth-order valence-electron chi connectivity index (χ4n) is 3.70. The standard InChI is InChI=1S/C18H28O/c1-7-18(5,6)15-11-12-10-13(19)8-9-14(12)16(15)17(2,3)4/h8-10,15-16,19H,7,11H2,1-6H3. The zero-order valence-electron chi connectivity index (χ0n) is 13.2. The summed E-state index contributed by atoms with van der Waals surface area (Å²) in [4.78, 5) is 0. The second-order valence-corrected chi connectivity index (χ2v) is 7.88. The molecule has 1 N–H and O–H groups in total. The highest BCUT2D eigenvalue weighted by atomic mass is 16.3. The van der Waals surface area contributed by atoms with Gasteiger partial charge in [-0.2, -0.15) is 0 Å². The molecule has 0 amide bonds. The molecular weight excluding hydrogens is 232 g/mol. The lowest BCUT2D eigenvalue weighted by Crippen LogP contribution is -2.33. The molecule has 2 unspecified atom stereocenters. The van der Waals surface area contributed by atoms with Crippen molar-refractivity contribution in [3.63, 3.8) is 0 Å². The Morgan fingerprint density at radius 2 is 1.79 bits per heavy atom. The Morgan fingerprint density at radius 1 is 1.16 bits per heavy atom. The van der Waals surface area contributed by atoms with Crippen molar-refractivity contribution in [2.75, 3.05) is 0 Å². The summed E-state index contributed by atoms with van der Waals surface area (Å²) in [6.07, 6.45) is 2.30. The van der Waals surface area contributed by atoms with Crippen molar-refractivity contribution in [2.45, 2.75) is 60.3 Å². The number of aromatic hydroxyl groups is 1. The first kappa shape index (κ1) is 14.4. The van der Waals surface area contributed by atoms with Gasteiger partial charge in [0.25, 0.3) is 0 Å². The number of hydrogen-bond acceptors (Lipinski definition) is 1. The molecule has 0 aliphatic heterocycles. The van der Waals surface area contributed by atoms with E-state index in [0.29, 0.717) is 23.0 Å². The van der Waals surface area contributed by atoms with E-state index in [1.165, 1.54) is 17.5 Å². The van der Waals surface area contributed by atoms with Crippen LogP contribution in [-0.2, 0) is 6.42 Å². The molecule has 19 heavy (non-hydrogen) atoms. The van der Waals surface area contributed by atoms with Crippen LogP contribution in [0.2, 0.25) is 0 Å². The molecule has 1 aromatic rings. The summed E-state index contributed by atoms with van der Waals surface area (Å²) in [5.41, 5.74) is 3.41. The first-order chi connectivity index (χ1) is 8.66. The van der Waals surface area contributed by atoms with Crippen LogP contribution in [0.1, 0.15) is 65.0 Å². The van der Waals surface area contributed by atoms with Crippen LogP contribution in [0.25, 0.3) is 0 Å². The van der Waals surface area contributed by atoms with Gasteiger partial charge in [0.15, 0.2) is 0 Å². The first-order valence-corrected chi connectivity index (χ1v) is 7.48. The van der Waals surface area contributed by atoms with Crippen molar-refractivity contribution in [1.29, 1.82) is 0 Å². The van der Waals surface area contributed by atoms with E-state index in [9.17, 15) is 5.11 Å². The van der Waals surface area contributed by atoms with E-state index in [1.54, 1.807) is 0 Å². The van der Waals surface area contributed by atoms with Gasteiger partial charge < -0.3 is 5.11 Å². The minimum Gasteiger partial charge on any atom is -0.508 e. The van der Waals surface area contributed by atoms with Gasteiger partial charge in [0.05, 0.1) is 0 Å². The lowest BCUT2D eigenvalue weighted by atomic mass is 9.63. The van der Waals surface area contributed by atoms with E-state index in [0.717, 1.165) is 6.42 Å². The molecule has 1 nitrogen and oxygen atoms in total. The summed E-state index contributed by atoms with van der Waals surface area (Å²) in [5, 5.41) is 9.73. The summed E-state index contributed by atoms with van der Waals surface area (Å²) in [6.45, 7) is 14.1. The third kappa shape index (κ3) is 2.52. The van der Waals surface area contributed by atoms with Crippen LogP contribution >= 0.6 is 0 Å². The number of benzene rings is 1. The van der Waals surface area contributed by atoms with Crippen LogP contribution in [0.15, 0.2) is 18.2 Å². The highest BCUT2D eigenvalue weighted by Gasteiger charge is 2.45. The van der Waals surface area contributed by atoms with Crippen LogP contribution in [0.4, 0.5) is 0 Å². The van der Waals surface area contributed by atoms with E-state index < -0.39 is 0 Å². The van der Waals surface area contributed by atoms with Crippen molar-refractivity contribution in [1.82, 2.24) is 0 Å². The Labute approximate surface area is 118 Å². The molecule has 1 heteroatoms. The van der Waals surface area contributed by atoms with Crippen LogP contribution in [0.3, 0.4) is 0 Å². The van der Waals surface area contributed by atoms with Crippen LogP contribution in [0, 0.1) is 16.7 Å². The Bertz CT molecular complexity index is 465. The molecule has 0 bridgehead atoms. The molecule has 0 heterocycles. The molecular formula is C18H28O. The largest absolute Gasteiger partial charge is 0.508 e. The third-order valence-electron chi connectivity index (χ3n) is 5.15. The quantitative estimate of drug-likeness (QED) is 0.781. The fourth-order valence-corrected chi connectivity index (χ4v) is 3.70. The van der Waals surface area contributed by atoms with Crippen LogP contribution in [-0.4, -0.2) is 5.11 Å². The summed E-state index contributed by atoms with van der Waals surface area (Å²) in [5.74, 6) is 1.65. The molecule has 1 aliphatic rings. The monoisotopic (exact) mass is 260 g/mol. The average molecular weight is 260 g/mol. The molecule has 0 saturated carbocycles. The Hall–Kier alpha value is -0.980. The zero-order valence-corrected chi connectivity index (χ0v) is 13.2. The van der Waals surface area contributed by atoms with E-state index >= 15 is 0 Å². The Kier molecular flexibility index (Phi) is 3.45. The molecule has 0 fully saturated rings. The van der Waals surface area contributed by atoms with Crippen molar-refractivity contribution in [2.24, 2.45) is 16.7 Å². The van der Waals surface area contributed by atoms with Gasteiger partial charge in [-0.15, -0.1) is 0 Å². The fraction of sp³-hybridized carbons (Fsp3) is 0.667. The van der Waals surface area contributed by atoms with Crippen molar-refractivity contribution in [3.05, 3.63) is 29.3 Å². The molecule has 106 valence electrons. The maximum Gasteiger partial charge on any atom is 0.115 e. The first-order valence-electron chi connectivity index (χ1n) is 7.48. The van der Waals surface area contributed by atoms with Crippen molar-refractivity contribution >= 4 is 0 Å². The van der Waals surface area contributed by atoms with Gasteiger partial charge >= 0.3 is 0 Å². The van der Waals surface area contributed by atoms with Gasteiger partial charge in [-0.05, 0) is 52.3 Å². The number of rotatable bonds is 2. The number of fused-ring (bicyclic) bond motifs is 1. The second-order valence-electron chi connectivity index (χ2n) is 7.88. The molecule has 2 rings (SSSR count). The van der Waals surface area contributed by atoms with Gasteiger partial charge in [-0.3, -0.25) is 0 Å². The highest BCUT2D eigenvalue weighted by Crippen LogP contribution is 2.55. The Morgan fingerprint density at radius 3 is 2.32 bits per heavy atom. The SMILES string of the molecule is CCC(C)(C)C1Cc2cc(O)ccc2C1C(C)(C)C. The smallest absolute Gasteiger partial charge is 0.115 e. The molecule has 0 saturated heterocycles.